The van der Waals surface area contributed by atoms with Crippen molar-refractivity contribution in [2.24, 2.45) is 0 Å². The average Bonchev–Trinajstić information content (AvgIpc) is 3.48. The molecule has 5 rings (SSSR count). The highest BCUT2D eigenvalue weighted by molar-refractivity contribution is 6.06. The third-order valence-electron chi connectivity index (χ3n) is 6.05. The number of benzene rings is 2. The SMILES string of the molecule is C[C@H]1CCCCNC(=O)c2cccc(c2)C(=O)Nc2nc3cccc(-c4ncn(C(F)F)n4)c3n21. The van der Waals surface area contributed by atoms with Gasteiger partial charge in [0.25, 0.3) is 11.8 Å². The molecule has 3 heterocycles. The molecule has 1 aliphatic heterocycles. The molecule has 0 spiro atoms. The van der Waals surface area contributed by atoms with E-state index in [-0.39, 0.29) is 17.8 Å². The van der Waals surface area contributed by atoms with E-state index in [9.17, 15) is 18.4 Å². The molecule has 9 nitrogen and oxygen atoms in total. The van der Waals surface area contributed by atoms with Gasteiger partial charge in [-0.2, -0.15) is 13.5 Å². The van der Waals surface area contributed by atoms with Crippen molar-refractivity contribution in [1.29, 1.82) is 0 Å². The lowest BCUT2D eigenvalue weighted by Crippen LogP contribution is -2.25. The summed E-state index contributed by atoms with van der Waals surface area (Å²) >= 11 is 0. The highest BCUT2D eigenvalue weighted by Gasteiger charge is 2.23. The van der Waals surface area contributed by atoms with Crippen LogP contribution < -0.4 is 10.6 Å². The van der Waals surface area contributed by atoms with Crippen molar-refractivity contribution < 1.29 is 18.4 Å². The van der Waals surface area contributed by atoms with Crippen molar-refractivity contribution in [3.05, 3.63) is 59.9 Å². The van der Waals surface area contributed by atoms with Crippen LogP contribution in [0.1, 0.15) is 59.5 Å². The molecule has 0 aliphatic carbocycles. The van der Waals surface area contributed by atoms with E-state index in [1.807, 2.05) is 11.5 Å². The number of nitrogens with one attached hydrogen (secondary N) is 2. The number of fused-ring (bicyclic) bond motifs is 5. The molecule has 0 saturated carbocycles. The van der Waals surface area contributed by atoms with E-state index in [0.717, 1.165) is 25.6 Å². The highest BCUT2D eigenvalue weighted by Crippen LogP contribution is 2.34. The van der Waals surface area contributed by atoms with E-state index in [1.54, 1.807) is 42.5 Å². The van der Waals surface area contributed by atoms with Crippen LogP contribution in [0.5, 0.6) is 0 Å². The van der Waals surface area contributed by atoms with Gasteiger partial charge >= 0.3 is 6.55 Å². The van der Waals surface area contributed by atoms with Crippen LogP contribution in [0.3, 0.4) is 0 Å². The van der Waals surface area contributed by atoms with Gasteiger partial charge in [-0.1, -0.05) is 12.1 Å². The van der Waals surface area contributed by atoms with Gasteiger partial charge in [-0.15, -0.1) is 5.10 Å². The average molecular weight is 479 g/mol. The van der Waals surface area contributed by atoms with E-state index in [0.29, 0.717) is 44.9 Å². The number of para-hydroxylation sites is 1. The largest absolute Gasteiger partial charge is 0.352 e. The third kappa shape index (κ3) is 4.36. The monoisotopic (exact) mass is 479 g/mol. The predicted molar refractivity (Wildman–Crippen MR) is 125 cm³/mol. The maximum absolute atomic E-state index is 13.1. The molecule has 0 fully saturated rings. The molecule has 1 atom stereocenters. The number of hydrogen-bond donors (Lipinski definition) is 2. The Hall–Kier alpha value is -4.15. The zero-order chi connectivity index (χ0) is 24.5. The number of rotatable bonds is 2. The van der Waals surface area contributed by atoms with Crippen LogP contribution in [-0.4, -0.2) is 42.7 Å². The maximum Gasteiger partial charge on any atom is 0.334 e. The van der Waals surface area contributed by atoms with Gasteiger partial charge in [-0.05, 0) is 56.5 Å². The fourth-order valence-electron chi connectivity index (χ4n) is 4.31. The number of halogens is 2. The van der Waals surface area contributed by atoms with Gasteiger partial charge in [-0.25, -0.2) is 9.97 Å². The normalized spacial score (nSPS) is 17.1. The summed E-state index contributed by atoms with van der Waals surface area (Å²) < 4.78 is 28.7. The van der Waals surface area contributed by atoms with Gasteiger partial charge in [0.1, 0.15) is 6.33 Å². The van der Waals surface area contributed by atoms with Crippen molar-refractivity contribution >= 4 is 28.8 Å². The van der Waals surface area contributed by atoms with E-state index < -0.39 is 12.5 Å². The molecule has 180 valence electrons. The Morgan fingerprint density at radius 3 is 2.60 bits per heavy atom. The first-order valence-corrected chi connectivity index (χ1v) is 11.3. The lowest BCUT2D eigenvalue weighted by atomic mass is 10.1. The zero-order valence-corrected chi connectivity index (χ0v) is 18.9. The fraction of sp³-hybridized carbons (Fsp3) is 0.292. The molecular weight excluding hydrogens is 456 g/mol. The minimum absolute atomic E-state index is 0.0985. The molecule has 2 aromatic heterocycles. The third-order valence-corrected chi connectivity index (χ3v) is 6.05. The molecule has 0 saturated heterocycles. The zero-order valence-electron chi connectivity index (χ0n) is 18.9. The van der Waals surface area contributed by atoms with Crippen LogP contribution in [-0.2, 0) is 0 Å². The Morgan fingerprint density at radius 1 is 1.06 bits per heavy atom. The van der Waals surface area contributed by atoms with Crippen molar-refractivity contribution in [2.75, 3.05) is 11.9 Å². The fourth-order valence-corrected chi connectivity index (χ4v) is 4.31. The smallest absolute Gasteiger partial charge is 0.334 e. The first kappa shape index (κ1) is 22.6. The Bertz CT molecular complexity index is 1410. The molecule has 1 aliphatic rings. The maximum atomic E-state index is 13.1. The lowest BCUT2D eigenvalue weighted by molar-refractivity contribution is 0.0564. The number of nitrogens with zero attached hydrogens (tertiary/aromatic N) is 5. The molecular formula is C24H23F2N7O2. The standard InChI is InChI=1S/C24H23F2N7O2/c1-14-6-2-3-11-27-21(34)15-7-4-8-16(12-15)22(35)30-24-29-18-10-5-9-17(19(18)33(14)24)20-28-13-32(31-20)23(25)26/h4-5,7-10,12-14,23H,2-3,6,11H2,1H3,(H,27,34)(H,29,30,35)/t14-/m0/s1. The molecule has 35 heavy (non-hydrogen) atoms. The van der Waals surface area contributed by atoms with Crippen molar-refractivity contribution in [1.82, 2.24) is 29.6 Å². The summed E-state index contributed by atoms with van der Waals surface area (Å²) in [6.45, 7) is -0.284. The summed E-state index contributed by atoms with van der Waals surface area (Å²) in [5.74, 6) is -0.170. The summed E-state index contributed by atoms with van der Waals surface area (Å²) in [7, 11) is 0. The van der Waals surface area contributed by atoms with Gasteiger partial charge in [-0.3, -0.25) is 14.9 Å². The van der Waals surface area contributed by atoms with Crippen LogP contribution in [0.4, 0.5) is 14.7 Å². The van der Waals surface area contributed by atoms with Gasteiger partial charge in [0.05, 0.1) is 11.0 Å². The summed E-state index contributed by atoms with van der Waals surface area (Å²) in [6, 6.07) is 11.7. The van der Waals surface area contributed by atoms with E-state index in [4.69, 9.17) is 0 Å². The topological polar surface area (TPSA) is 107 Å². The summed E-state index contributed by atoms with van der Waals surface area (Å²) in [5.41, 5.74) is 2.49. The van der Waals surface area contributed by atoms with Gasteiger partial charge in [0, 0.05) is 29.3 Å². The van der Waals surface area contributed by atoms with Crippen LogP contribution in [0.25, 0.3) is 22.4 Å². The van der Waals surface area contributed by atoms with E-state index in [2.05, 4.69) is 25.7 Å². The summed E-state index contributed by atoms with van der Waals surface area (Å²) in [6.07, 6.45) is 3.32. The molecule has 2 aromatic carbocycles. The number of aromatic nitrogens is 5. The van der Waals surface area contributed by atoms with Crippen molar-refractivity contribution in [3.63, 3.8) is 0 Å². The Kier molecular flexibility index (Phi) is 5.98. The van der Waals surface area contributed by atoms with Gasteiger partial charge < -0.3 is 9.88 Å². The quantitative estimate of drug-likeness (QED) is 0.443. The molecule has 2 N–H and O–H groups in total. The molecule has 4 aromatic rings. The molecule has 2 amide bonds. The second-order valence-corrected chi connectivity index (χ2v) is 8.44. The molecule has 0 unspecified atom stereocenters. The Morgan fingerprint density at radius 2 is 1.83 bits per heavy atom. The Balaban J connectivity index is 1.64. The summed E-state index contributed by atoms with van der Waals surface area (Å²) in [4.78, 5) is 34.3. The molecule has 11 heteroatoms. The molecule has 2 bridgehead atoms. The molecule has 0 radical (unpaired) electrons. The highest BCUT2D eigenvalue weighted by atomic mass is 19.3. The number of carbonyl (C=O) groups excluding carboxylic acids is 2. The minimum atomic E-state index is -2.80. The number of hydrogen-bond acceptors (Lipinski definition) is 5. The first-order valence-electron chi connectivity index (χ1n) is 11.3. The number of carbonyl (C=O) groups is 2. The first-order chi connectivity index (χ1) is 16.9. The second-order valence-electron chi connectivity index (χ2n) is 8.44. The van der Waals surface area contributed by atoms with Gasteiger partial charge in [0.2, 0.25) is 5.95 Å². The van der Waals surface area contributed by atoms with Crippen molar-refractivity contribution in [2.45, 2.75) is 38.8 Å². The van der Waals surface area contributed by atoms with Crippen LogP contribution in [0.2, 0.25) is 0 Å². The van der Waals surface area contributed by atoms with Crippen LogP contribution in [0, 0.1) is 0 Å². The van der Waals surface area contributed by atoms with Crippen LogP contribution >= 0.6 is 0 Å². The Labute approximate surface area is 199 Å². The van der Waals surface area contributed by atoms with E-state index in [1.165, 1.54) is 0 Å². The number of imidazole rings is 1. The number of anilines is 1. The summed E-state index contributed by atoms with van der Waals surface area (Å²) in [5, 5.41) is 9.70. The van der Waals surface area contributed by atoms with E-state index >= 15 is 0 Å². The van der Waals surface area contributed by atoms with Gasteiger partial charge in [0.15, 0.2) is 5.82 Å². The number of alkyl halides is 2. The predicted octanol–water partition coefficient (Wildman–Crippen LogP) is 4.42. The van der Waals surface area contributed by atoms with Crippen molar-refractivity contribution in [3.8, 4) is 11.4 Å². The lowest BCUT2D eigenvalue weighted by Gasteiger charge is -2.19. The second kappa shape index (κ2) is 9.24. The van der Waals surface area contributed by atoms with Crippen LogP contribution in [0.15, 0.2) is 48.8 Å². The number of amides is 2. The minimum Gasteiger partial charge on any atom is -0.352 e.